The van der Waals surface area contributed by atoms with E-state index < -0.39 is 17.5 Å². The first-order valence-corrected chi connectivity index (χ1v) is 5.59. The molecule has 6 heteroatoms. The van der Waals surface area contributed by atoms with Crippen LogP contribution in [0.5, 0.6) is 0 Å². The van der Waals surface area contributed by atoms with Crippen molar-refractivity contribution >= 4 is 12.0 Å². The van der Waals surface area contributed by atoms with Gasteiger partial charge in [-0.15, -0.1) is 0 Å². The fourth-order valence-corrected chi connectivity index (χ4v) is 1.42. The molecule has 0 aromatic carbocycles. The molecule has 1 heterocycles. The normalized spacial score (nSPS) is 11.1. The number of nitrogens with zero attached hydrogens (tertiary/aromatic N) is 1. The molecule has 0 atom stereocenters. The number of aliphatic carboxylic acids is 1. The largest absolute Gasteiger partial charge is 0.480 e. The Labute approximate surface area is 106 Å². The second-order valence-corrected chi connectivity index (χ2v) is 4.94. The van der Waals surface area contributed by atoms with Crippen LogP contribution < -0.4 is 5.32 Å². The van der Waals surface area contributed by atoms with Crippen molar-refractivity contribution < 1.29 is 19.1 Å². The summed E-state index contributed by atoms with van der Waals surface area (Å²) < 4.78 is 4.88. The zero-order valence-electron chi connectivity index (χ0n) is 10.8. The Morgan fingerprint density at radius 2 is 2.11 bits per heavy atom. The van der Waals surface area contributed by atoms with Gasteiger partial charge in [0.2, 0.25) is 0 Å². The number of carboxylic acid groups (broad SMARTS) is 1. The van der Waals surface area contributed by atoms with Gasteiger partial charge in [-0.1, -0.05) is 0 Å². The van der Waals surface area contributed by atoms with Crippen molar-refractivity contribution in [3.8, 4) is 0 Å². The standard InChI is InChI=1S/C12H18N2O4/c1-12(2,3)14(7-10(15)16)11(17)13-6-9-4-5-18-8-9/h4-5,8H,6-7H2,1-3H3,(H,13,17)(H,15,16). The Hall–Kier alpha value is -1.98. The van der Waals surface area contributed by atoms with Gasteiger partial charge in [-0.05, 0) is 26.8 Å². The molecule has 0 unspecified atom stereocenters. The van der Waals surface area contributed by atoms with Gasteiger partial charge in [0.05, 0.1) is 12.5 Å². The van der Waals surface area contributed by atoms with Gasteiger partial charge < -0.3 is 19.7 Å². The Kier molecular flexibility index (Phi) is 4.36. The third-order valence-corrected chi connectivity index (χ3v) is 2.37. The van der Waals surface area contributed by atoms with Crippen LogP contribution in [0.2, 0.25) is 0 Å². The van der Waals surface area contributed by atoms with Crippen molar-refractivity contribution in [1.29, 1.82) is 0 Å². The maximum atomic E-state index is 11.9. The summed E-state index contributed by atoms with van der Waals surface area (Å²) in [5.74, 6) is -1.04. The minimum Gasteiger partial charge on any atom is -0.480 e. The Morgan fingerprint density at radius 1 is 1.44 bits per heavy atom. The first-order chi connectivity index (χ1) is 8.30. The van der Waals surface area contributed by atoms with E-state index in [1.807, 2.05) is 0 Å². The maximum Gasteiger partial charge on any atom is 0.323 e. The van der Waals surface area contributed by atoms with Crippen LogP contribution in [-0.2, 0) is 11.3 Å². The van der Waals surface area contributed by atoms with Crippen LogP contribution in [0.4, 0.5) is 4.79 Å². The molecule has 0 saturated heterocycles. The van der Waals surface area contributed by atoms with Crippen molar-refractivity contribution in [3.63, 3.8) is 0 Å². The van der Waals surface area contributed by atoms with Crippen LogP contribution >= 0.6 is 0 Å². The van der Waals surface area contributed by atoms with Crippen molar-refractivity contribution in [2.75, 3.05) is 6.54 Å². The van der Waals surface area contributed by atoms with E-state index in [1.165, 1.54) is 17.4 Å². The second kappa shape index (κ2) is 5.57. The molecule has 0 aliphatic heterocycles. The summed E-state index contributed by atoms with van der Waals surface area (Å²) >= 11 is 0. The van der Waals surface area contributed by atoms with E-state index in [0.29, 0.717) is 6.54 Å². The number of carbonyl (C=O) groups excluding carboxylic acids is 1. The lowest BCUT2D eigenvalue weighted by molar-refractivity contribution is -0.138. The highest BCUT2D eigenvalue weighted by molar-refractivity contribution is 5.80. The van der Waals surface area contributed by atoms with Gasteiger partial charge in [-0.2, -0.15) is 0 Å². The monoisotopic (exact) mass is 254 g/mol. The molecule has 1 rings (SSSR count). The number of rotatable bonds is 4. The van der Waals surface area contributed by atoms with Crippen LogP contribution in [0.3, 0.4) is 0 Å². The summed E-state index contributed by atoms with van der Waals surface area (Å²) in [7, 11) is 0. The zero-order chi connectivity index (χ0) is 13.8. The van der Waals surface area contributed by atoms with Gasteiger partial charge in [-0.25, -0.2) is 4.79 Å². The van der Waals surface area contributed by atoms with Gasteiger partial charge in [0.15, 0.2) is 0 Å². The van der Waals surface area contributed by atoms with E-state index in [2.05, 4.69) is 5.32 Å². The van der Waals surface area contributed by atoms with Gasteiger partial charge in [0.1, 0.15) is 6.54 Å². The second-order valence-electron chi connectivity index (χ2n) is 4.94. The van der Waals surface area contributed by atoms with E-state index in [4.69, 9.17) is 9.52 Å². The molecule has 0 spiro atoms. The van der Waals surface area contributed by atoms with E-state index in [9.17, 15) is 9.59 Å². The molecule has 0 bridgehead atoms. The molecule has 1 aromatic rings. The highest BCUT2D eigenvalue weighted by Crippen LogP contribution is 2.13. The average molecular weight is 254 g/mol. The van der Waals surface area contributed by atoms with E-state index >= 15 is 0 Å². The van der Waals surface area contributed by atoms with E-state index in [1.54, 1.807) is 26.8 Å². The predicted octanol–water partition coefficient (Wildman–Crippen LogP) is 1.67. The molecule has 2 N–H and O–H groups in total. The van der Waals surface area contributed by atoms with Crippen LogP contribution in [-0.4, -0.2) is 34.1 Å². The highest BCUT2D eigenvalue weighted by atomic mass is 16.4. The zero-order valence-corrected chi connectivity index (χ0v) is 10.8. The summed E-state index contributed by atoms with van der Waals surface area (Å²) in [6.45, 7) is 5.33. The minimum atomic E-state index is -1.04. The maximum absolute atomic E-state index is 11.9. The topological polar surface area (TPSA) is 82.8 Å². The van der Waals surface area contributed by atoms with Crippen LogP contribution in [0.25, 0.3) is 0 Å². The van der Waals surface area contributed by atoms with Crippen LogP contribution in [0.15, 0.2) is 23.0 Å². The van der Waals surface area contributed by atoms with Crippen LogP contribution in [0.1, 0.15) is 26.3 Å². The van der Waals surface area contributed by atoms with Crippen molar-refractivity contribution in [1.82, 2.24) is 10.2 Å². The van der Waals surface area contributed by atoms with E-state index in [-0.39, 0.29) is 6.54 Å². The molecule has 1 aromatic heterocycles. The molecule has 2 amide bonds. The molecular formula is C12H18N2O4. The Balaban J connectivity index is 2.62. The summed E-state index contributed by atoms with van der Waals surface area (Å²) in [6, 6.07) is 1.32. The minimum absolute atomic E-state index is 0.307. The van der Waals surface area contributed by atoms with Gasteiger partial charge in [0.25, 0.3) is 0 Å². The molecule has 0 aliphatic rings. The molecular weight excluding hydrogens is 236 g/mol. The molecule has 0 aliphatic carbocycles. The number of furan rings is 1. The van der Waals surface area contributed by atoms with Gasteiger partial charge in [-0.3, -0.25) is 4.79 Å². The third-order valence-electron chi connectivity index (χ3n) is 2.37. The number of carboxylic acids is 1. The number of carbonyl (C=O) groups is 2. The average Bonchev–Trinajstić information content (AvgIpc) is 2.73. The molecule has 0 radical (unpaired) electrons. The fourth-order valence-electron chi connectivity index (χ4n) is 1.42. The molecule has 100 valence electrons. The van der Waals surface area contributed by atoms with Gasteiger partial charge >= 0.3 is 12.0 Å². The lowest BCUT2D eigenvalue weighted by Crippen LogP contribution is -2.52. The SMILES string of the molecule is CC(C)(C)N(CC(=O)O)C(=O)NCc1ccoc1. The first-order valence-electron chi connectivity index (χ1n) is 5.59. The fraction of sp³-hybridized carbons (Fsp3) is 0.500. The van der Waals surface area contributed by atoms with Crippen molar-refractivity contribution in [3.05, 3.63) is 24.2 Å². The summed E-state index contributed by atoms with van der Waals surface area (Å²) in [4.78, 5) is 24.0. The number of amides is 2. The lowest BCUT2D eigenvalue weighted by Gasteiger charge is -2.34. The highest BCUT2D eigenvalue weighted by Gasteiger charge is 2.28. The Bertz CT molecular complexity index is 406. The quantitative estimate of drug-likeness (QED) is 0.856. The lowest BCUT2D eigenvalue weighted by atomic mass is 10.1. The summed E-state index contributed by atoms with van der Waals surface area (Å²) in [6.07, 6.45) is 3.04. The number of urea groups is 1. The summed E-state index contributed by atoms with van der Waals surface area (Å²) in [5.41, 5.74) is 0.270. The van der Waals surface area contributed by atoms with Crippen molar-refractivity contribution in [2.24, 2.45) is 0 Å². The predicted molar refractivity (Wildman–Crippen MR) is 65.0 cm³/mol. The Morgan fingerprint density at radius 3 is 2.56 bits per heavy atom. The van der Waals surface area contributed by atoms with Gasteiger partial charge in [0, 0.05) is 17.6 Å². The molecule has 0 saturated carbocycles. The first kappa shape index (κ1) is 14.1. The third kappa shape index (κ3) is 4.12. The van der Waals surface area contributed by atoms with Crippen molar-refractivity contribution in [2.45, 2.75) is 32.9 Å². The summed E-state index contributed by atoms with van der Waals surface area (Å²) in [5, 5.41) is 11.5. The smallest absolute Gasteiger partial charge is 0.323 e. The molecule has 6 nitrogen and oxygen atoms in total. The van der Waals surface area contributed by atoms with Crippen LogP contribution in [0, 0.1) is 0 Å². The number of hydrogen-bond acceptors (Lipinski definition) is 3. The van der Waals surface area contributed by atoms with E-state index in [0.717, 1.165) is 5.56 Å². The molecule has 18 heavy (non-hydrogen) atoms. The molecule has 0 fully saturated rings. The number of nitrogens with one attached hydrogen (secondary N) is 1. The number of hydrogen-bond donors (Lipinski definition) is 2.